The third kappa shape index (κ3) is 7.56. The molecule has 1 aliphatic heterocycles. The van der Waals surface area contributed by atoms with Gasteiger partial charge in [0, 0.05) is 44.8 Å². The molecule has 1 heterocycles. The highest BCUT2D eigenvalue weighted by Crippen LogP contribution is 2.22. The Morgan fingerprint density at radius 1 is 1.26 bits per heavy atom. The van der Waals surface area contributed by atoms with Gasteiger partial charge in [0.25, 0.3) is 0 Å². The summed E-state index contributed by atoms with van der Waals surface area (Å²) in [6.45, 7) is 9.04. The Morgan fingerprint density at radius 3 is 2.59 bits per heavy atom. The zero-order valence-corrected chi connectivity index (χ0v) is 17.7. The third-order valence-electron chi connectivity index (χ3n) is 4.61. The number of nitrogens with zero attached hydrogens (tertiary/aromatic N) is 2. The zero-order chi connectivity index (χ0) is 19.6. The lowest BCUT2D eigenvalue weighted by Crippen LogP contribution is -2.46. The van der Waals surface area contributed by atoms with E-state index >= 15 is 0 Å². The molecule has 152 valence electrons. The molecule has 27 heavy (non-hydrogen) atoms. The Morgan fingerprint density at radius 2 is 1.96 bits per heavy atom. The van der Waals surface area contributed by atoms with E-state index in [2.05, 4.69) is 34.4 Å². The average molecular weight is 397 g/mol. The Hall–Kier alpha value is -1.50. The largest absolute Gasteiger partial charge is 0.497 e. The van der Waals surface area contributed by atoms with Crippen molar-refractivity contribution in [2.75, 3.05) is 46.9 Å². The van der Waals surface area contributed by atoms with E-state index < -0.39 is 0 Å². The van der Waals surface area contributed by atoms with Gasteiger partial charge in [-0.15, -0.1) is 0 Å². The molecule has 1 aromatic rings. The Balaban J connectivity index is 1.64. The van der Waals surface area contributed by atoms with E-state index in [9.17, 15) is 0 Å². The second-order valence-corrected chi connectivity index (χ2v) is 7.41. The van der Waals surface area contributed by atoms with Crippen LogP contribution in [0.4, 0.5) is 0 Å². The van der Waals surface area contributed by atoms with Gasteiger partial charge in [0.05, 0.1) is 19.3 Å². The molecule has 6 nitrogen and oxygen atoms in total. The quantitative estimate of drug-likeness (QED) is 0.402. The molecule has 0 bridgehead atoms. The summed E-state index contributed by atoms with van der Waals surface area (Å²) in [6.07, 6.45) is 2.54. The zero-order valence-electron chi connectivity index (χ0n) is 16.9. The number of aliphatic imine (C=N–C) groups is 1. The summed E-state index contributed by atoms with van der Waals surface area (Å²) in [7, 11) is 3.43. The van der Waals surface area contributed by atoms with Crippen LogP contribution in [0.25, 0.3) is 0 Å². The van der Waals surface area contributed by atoms with Gasteiger partial charge >= 0.3 is 0 Å². The van der Waals surface area contributed by atoms with Gasteiger partial charge in [-0.05, 0) is 44.4 Å². The highest BCUT2D eigenvalue weighted by molar-refractivity contribution is 6.31. The third-order valence-corrected chi connectivity index (χ3v) is 4.96. The molecule has 1 aliphatic rings. The molecule has 0 spiro atoms. The molecule has 2 N–H and O–H groups in total. The summed E-state index contributed by atoms with van der Waals surface area (Å²) >= 11 is 6.29. The number of hydrogen-bond donors (Lipinski definition) is 2. The fourth-order valence-corrected chi connectivity index (χ4v) is 3.64. The fraction of sp³-hybridized carbons (Fsp3) is 0.650. The first-order chi connectivity index (χ1) is 13.0. The minimum absolute atomic E-state index is 0.320. The Bertz CT molecular complexity index is 602. The number of benzene rings is 1. The molecule has 7 heteroatoms. The van der Waals surface area contributed by atoms with Crippen molar-refractivity contribution < 1.29 is 9.47 Å². The first kappa shape index (κ1) is 21.8. The van der Waals surface area contributed by atoms with Crippen LogP contribution in [0.5, 0.6) is 5.75 Å². The summed E-state index contributed by atoms with van der Waals surface area (Å²) < 4.78 is 11.0. The number of ether oxygens (including phenoxy) is 2. The summed E-state index contributed by atoms with van der Waals surface area (Å²) in [6, 6.07) is 5.78. The van der Waals surface area contributed by atoms with Crippen molar-refractivity contribution in [1.29, 1.82) is 0 Å². The normalized spacial score (nSPS) is 21.1. The predicted molar refractivity (Wildman–Crippen MR) is 112 cm³/mol. The van der Waals surface area contributed by atoms with E-state index in [1.54, 1.807) is 14.2 Å². The van der Waals surface area contributed by atoms with E-state index in [0.717, 1.165) is 67.9 Å². The highest BCUT2D eigenvalue weighted by Gasteiger charge is 2.21. The summed E-state index contributed by atoms with van der Waals surface area (Å²) in [5, 5.41) is 7.45. The maximum absolute atomic E-state index is 6.29. The van der Waals surface area contributed by atoms with Gasteiger partial charge in [-0.3, -0.25) is 9.89 Å². The van der Waals surface area contributed by atoms with Crippen LogP contribution in [-0.2, 0) is 11.2 Å². The van der Waals surface area contributed by atoms with E-state index in [4.69, 9.17) is 21.1 Å². The van der Waals surface area contributed by atoms with Gasteiger partial charge in [0.2, 0.25) is 0 Å². The van der Waals surface area contributed by atoms with Crippen LogP contribution in [0.15, 0.2) is 23.2 Å². The molecule has 0 amide bonds. The van der Waals surface area contributed by atoms with Crippen LogP contribution < -0.4 is 15.4 Å². The second kappa shape index (κ2) is 11.4. The molecule has 1 saturated heterocycles. The minimum atomic E-state index is 0.320. The molecule has 1 fully saturated rings. The van der Waals surface area contributed by atoms with E-state index in [-0.39, 0.29) is 0 Å². The summed E-state index contributed by atoms with van der Waals surface area (Å²) in [5.41, 5.74) is 1.09. The number of methoxy groups -OCH3 is 1. The monoisotopic (exact) mass is 396 g/mol. The maximum atomic E-state index is 6.29. The second-order valence-electron chi connectivity index (χ2n) is 7.00. The number of guanidine groups is 1. The van der Waals surface area contributed by atoms with E-state index in [1.165, 1.54) is 0 Å². The standard InChI is InChI=1S/C20H33ClN4O2/c1-15-13-25(14-16(2)27-15)11-5-9-23-20(22-3)24-10-8-17-6-7-18(26-4)12-19(17)21/h6-7,12,15-16H,5,8-11,13-14H2,1-4H3,(H2,22,23,24). The number of halogens is 1. The van der Waals surface area contributed by atoms with Gasteiger partial charge in [0.1, 0.15) is 5.75 Å². The molecular formula is C20H33ClN4O2. The van der Waals surface area contributed by atoms with E-state index in [0.29, 0.717) is 12.2 Å². The smallest absolute Gasteiger partial charge is 0.190 e. The van der Waals surface area contributed by atoms with Crippen LogP contribution in [-0.4, -0.2) is 69.9 Å². The van der Waals surface area contributed by atoms with Gasteiger partial charge in [-0.25, -0.2) is 0 Å². The van der Waals surface area contributed by atoms with Crippen molar-refractivity contribution in [3.05, 3.63) is 28.8 Å². The van der Waals surface area contributed by atoms with Gasteiger partial charge < -0.3 is 20.1 Å². The lowest BCUT2D eigenvalue weighted by molar-refractivity contribution is -0.0679. The molecule has 1 aromatic carbocycles. The fourth-order valence-electron chi connectivity index (χ4n) is 3.37. The molecule has 2 rings (SSSR count). The number of rotatable bonds is 8. The van der Waals surface area contributed by atoms with Crippen molar-refractivity contribution in [1.82, 2.24) is 15.5 Å². The van der Waals surface area contributed by atoms with Gasteiger partial charge in [0.15, 0.2) is 5.96 Å². The molecule has 2 unspecified atom stereocenters. The topological polar surface area (TPSA) is 58.1 Å². The Labute approximate surface area is 168 Å². The van der Waals surface area contributed by atoms with Crippen LogP contribution >= 0.6 is 11.6 Å². The molecule has 0 aromatic heterocycles. The van der Waals surface area contributed by atoms with Crippen LogP contribution in [0.1, 0.15) is 25.8 Å². The predicted octanol–water partition coefficient (Wildman–Crippen LogP) is 2.56. The van der Waals surface area contributed by atoms with Crippen molar-refractivity contribution in [2.45, 2.75) is 38.9 Å². The molecular weight excluding hydrogens is 364 g/mol. The van der Waals surface area contributed by atoms with Crippen molar-refractivity contribution >= 4 is 17.6 Å². The first-order valence-electron chi connectivity index (χ1n) is 9.66. The highest BCUT2D eigenvalue weighted by atomic mass is 35.5. The summed E-state index contributed by atoms with van der Waals surface area (Å²) in [4.78, 5) is 6.76. The molecule has 0 radical (unpaired) electrons. The van der Waals surface area contributed by atoms with Gasteiger partial charge in [-0.1, -0.05) is 17.7 Å². The van der Waals surface area contributed by atoms with E-state index in [1.807, 2.05) is 18.2 Å². The first-order valence-corrected chi connectivity index (χ1v) is 10.0. The van der Waals surface area contributed by atoms with Crippen molar-refractivity contribution in [3.63, 3.8) is 0 Å². The number of nitrogens with one attached hydrogen (secondary N) is 2. The van der Waals surface area contributed by atoms with Crippen molar-refractivity contribution in [2.24, 2.45) is 4.99 Å². The molecule has 2 atom stereocenters. The van der Waals surface area contributed by atoms with Crippen molar-refractivity contribution in [3.8, 4) is 5.75 Å². The lowest BCUT2D eigenvalue weighted by Gasteiger charge is -2.35. The van der Waals surface area contributed by atoms with Crippen LogP contribution in [0.2, 0.25) is 5.02 Å². The number of morpholine rings is 1. The van der Waals surface area contributed by atoms with Crippen LogP contribution in [0.3, 0.4) is 0 Å². The molecule has 0 saturated carbocycles. The summed E-state index contributed by atoms with van der Waals surface area (Å²) in [5.74, 6) is 1.60. The Kier molecular flexibility index (Phi) is 9.18. The SMILES string of the molecule is CN=C(NCCCN1CC(C)OC(C)C1)NCCc1ccc(OC)cc1Cl. The number of hydrogen-bond acceptors (Lipinski definition) is 4. The average Bonchev–Trinajstić information content (AvgIpc) is 2.64. The van der Waals surface area contributed by atoms with Crippen LogP contribution in [0, 0.1) is 0 Å². The van der Waals surface area contributed by atoms with Gasteiger partial charge in [-0.2, -0.15) is 0 Å². The molecule has 0 aliphatic carbocycles. The lowest BCUT2D eigenvalue weighted by atomic mass is 10.1. The maximum Gasteiger partial charge on any atom is 0.190 e. The minimum Gasteiger partial charge on any atom is -0.497 e.